The van der Waals surface area contributed by atoms with Gasteiger partial charge in [-0.3, -0.25) is 0 Å². The molecule has 4 rings (SSSR count). The predicted molar refractivity (Wildman–Crippen MR) is 120 cm³/mol. The number of hydrogen-bond donors (Lipinski definition) is 4. The zero-order chi connectivity index (χ0) is 22.9. The Labute approximate surface area is 181 Å². The summed E-state index contributed by atoms with van der Waals surface area (Å²) in [7, 11) is 0. The van der Waals surface area contributed by atoms with E-state index in [1.165, 1.54) is 0 Å². The van der Waals surface area contributed by atoms with Gasteiger partial charge >= 0.3 is 0 Å². The van der Waals surface area contributed by atoms with Crippen molar-refractivity contribution in [3.63, 3.8) is 0 Å². The van der Waals surface area contributed by atoms with Crippen LogP contribution in [0, 0.1) is 6.92 Å². The molecule has 4 aromatic rings. The highest BCUT2D eigenvalue weighted by Gasteiger charge is 2.14. The predicted octanol–water partition coefficient (Wildman–Crippen LogP) is 4.55. The van der Waals surface area contributed by atoms with Crippen molar-refractivity contribution in [1.29, 1.82) is 0 Å². The van der Waals surface area contributed by atoms with Gasteiger partial charge in [0.05, 0.1) is 0 Å². The molecule has 2 aromatic heterocycles. The van der Waals surface area contributed by atoms with E-state index in [9.17, 15) is 20.4 Å². The van der Waals surface area contributed by atoms with E-state index in [1.54, 1.807) is 24.3 Å². The molecule has 0 aliphatic carbocycles. The molecule has 0 aliphatic heterocycles. The fourth-order valence-electron chi connectivity index (χ4n) is 3.51. The molecule has 0 saturated heterocycles. The molecule has 0 unspecified atom stereocenters. The van der Waals surface area contributed by atoms with Gasteiger partial charge in [0.15, 0.2) is 59.4 Å². The minimum atomic E-state index is -0.0796. The summed E-state index contributed by atoms with van der Waals surface area (Å²) >= 11 is 0. The van der Waals surface area contributed by atoms with Crippen molar-refractivity contribution in [3.8, 4) is 23.0 Å². The number of hydrogen-bond acceptors (Lipinski definition) is 4. The van der Waals surface area contributed by atoms with Crippen LogP contribution in [0.5, 0.6) is 23.0 Å². The largest absolute Gasteiger partial charge is 0.504 e. The van der Waals surface area contributed by atoms with Gasteiger partial charge in [-0.05, 0) is 62.7 Å². The third-order valence-electron chi connectivity index (χ3n) is 5.28. The molecule has 0 atom stereocenters. The van der Waals surface area contributed by atoms with Crippen molar-refractivity contribution in [2.24, 2.45) is 0 Å². The van der Waals surface area contributed by atoms with Gasteiger partial charge in [0, 0.05) is 29.8 Å². The first-order valence-electron chi connectivity index (χ1n) is 10.3. The summed E-state index contributed by atoms with van der Waals surface area (Å²) in [6.07, 6.45) is 5.91. The fourth-order valence-corrected chi connectivity index (χ4v) is 3.51. The van der Waals surface area contributed by atoms with Crippen LogP contribution in [0.2, 0.25) is 0 Å². The van der Waals surface area contributed by atoms with Crippen molar-refractivity contribution in [2.75, 3.05) is 0 Å². The van der Waals surface area contributed by atoms with Crippen LogP contribution in [-0.2, 0) is 0 Å². The van der Waals surface area contributed by atoms with Gasteiger partial charge in [0.1, 0.15) is 0 Å². The van der Waals surface area contributed by atoms with Gasteiger partial charge < -0.3 is 20.4 Å². The summed E-state index contributed by atoms with van der Waals surface area (Å²) in [5.74, 6) is -0.311. The molecule has 162 valence electrons. The zero-order valence-corrected chi connectivity index (χ0v) is 18.5. The topological polar surface area (TPSA) is 88.7 Å². The highest BCUT2D eigenvalue weighted by molar-refractivity contribution is 5.85. The number of rotatable bonds is 2. The van der Waals surface area contributed by atoms with Crippen LogP contribution in [0.15, 0.2) is 55.0 Å². The lowest BCUT2D eigenvalue weighted by Crippen LogP contribution is -2.38. The molecular weight excluding hydrogens is 392 g/mol. The molecule has 2 aromatic carbocycles. The second-order valence-corrected chi connectivity index (χ2v) is 8.34. The average molecular weight is 423 g/mol. The minimum absolute atomic E-state index is 0.0748. The Morgan fingerprint density at radius 1 is 0.613 bits per heavy atom. The maximum atomic E-state index is 9.46. The second kappa shape index (κ2) is 8.68. The Morgan fingerprint density at radius 2 is 1.10 bits per heavy atom. The first-order chi connectivity index (χ1) is 14.6. The molecule has 6 heteroatoms. The molecule has 0 fully saturated rings. The van der Waals surface area contributed by atoms with Gasteiger partial charge in [-0.15, -0.1) is 0 Å². The molecule has 0 aliphatic rings. The summed E-state index contributed by atoms with van der Waals surface area (Å²) < 4.78 is 4.19. The average Bonchev–Trinajstić information content (AvgIpc) is 2.69. The Morgan fingerprint density at radius 3 is 1.61 bits per heavy atom. The SMILES string of the molecule is CC(C)[n+]1ccc2cc(O)c(O)cc2c1.Cc1cc2cc(O)c(O)cc2c[n+]1C(C)C. The maximum absolute atomic E-state index is 9.46. The van der Waals surface area contributed by atoms with E-state index < -0.39 is 0 Å². The number of aryl methyl sites for hydroxylation is 1. The van der Waals surface area contributed by atoms with Crippen LogP contribution < -0.4 is 9.13 Å². The Bertz CT molecular complexity index is 1250. The highest BCUT2D eigenvalue weighted by atomic mass is 16.3. The number of benzene rings is 2. The van der Waals surface area contributed by atoms with Crippen LogP contribution in [0.3, 0.4) is 0 Å². The van der Waals surface area contributed by atoms with Crippen molar-refractivity contribution in [1.82, 2.24) is 0 Å². The van der Waals surface area contributed by atoms with Gasteiger partial charge in [-0.1, -0.05) is 0 Å². The summed E-state index contributed by atoms with van der Waals surface area (Å²) in [5.41, 5.74) is 1.13. The molecule has 31 heavy (non-hydrogen) atoms. The summed E-state index contributed by atoms with van der Waals surface area (Å²) in [6.45, 7) is 10.4. The van der Waals surface area contributed by atoms with Gasteiger partial charge in [-0.2, -0.15) is 0 Å². The minimum Gasteiger partial charge on any atom is -0.504 e. The number of fused-ring (bicyclic) bond motifs is 2. The van der Waals surface area contributed by atoms with E-state index >= 15 is 0 Å². The van der Waals surface area contributed by atoms with E-state index in [0.717, 1.165) is 27.2 Å². The number of aromatic hydroxyl groups is 4. The molecule has 0 saturated carbocycles. The lowest BCUT2D eigenvalue weighted by molar-refractivity contribution is -0.720. The van der Waals surface area contributed by atoms with Crippen LogP contribution in [0.1, 0.15) is 45.5 Å². The van der Waals surface area contributed by atoms with Crippen molar-refractivity contribution < 1.29 is 29.6 Å². The molecule has 0 spiro atoms. The van der Waals surface area contributed by atoms with Gasteiger partial charge in [0.25, 0.3) is 0 Å². The number of phenolic OH excluding ortho intramolecular Hbond substituents is 4. The zero-order valence-electron chi connectivity index (χ0n) is 18.5. The second-order valence-electron chi connectivity index (χ2n) is 8.34. The lowest BCUT2D eigenvalue weighted by Gasteiger charge is -2.07. The normalized spacial score (nSPS) is 11.2. The maximum Gasteiger partial charge on any atom is 0.179 e. The number of nitrogens with zero attached hydrogens (tertiary/aromatic N) is 2. The summed E-state index contributed by atoms with van der Waals surface area (Å²) in [5, 5.41) is 41.3. The smallest absolute Gasteiger partial charge is 0.179 e. The van der Waals surface area contributed by atoms with Crippen molar-refractivity contribution in [2.45, 2.75) is 46.7 Å². The van der Waals surface area contributed by atoms with E-state index in [-0.39, 0.29) is 23.0 Å². The first kappa shape index (κ1) is 22.2. The van der Waals surface area contributed by atoms with E-state index in [0.29, 0.717) is 12.1 Å². The fraction of sp³-hybridized carbons (Fsp3) is 0.280. The third kappa shape index (κ3) is 4.79. The molecule has 0 amide bonds. The highest BCUT2D eigenvalue weighted by Crippen LogP contribution is 2.30. The Balaban J connectivity index is 0.000000176. The quantitative estimate of drug-likeness (QED) is 0.282. The van der Waals surface area contributed by atoms with Crippen LogP contribution >= 0.6 is 0 Å². The first-order valence-corrected chi connectivity index (χ1v) is 10.3. The monoisotopic (exact) mass is 422 g/mol. The van der Waals surface area contributed by atoms with E-state index in [4.69, 9.17) is 0 Å². The molecule has 4 N–H and O–H groups in total. The number of pyridine rings is 2. The molecule has 0 radical (unpaired) electrons. The Hall–Kier alpha value is -3.54. The summed E-state index contributed by atoms with van der Waals surface area (Å²) in [6, 6.07) is 11.0. The van der Waals surface area contributed by atoms with E-state index in [2.05, 4.69) is 36.8 Å². The van der Waals surface area contributed by atoms with Crippen LogP contribution in [0.4, 0.5) is 0 Å². The van der Waals surface area contributed by atoms with Crippen molar-refractivity contribution >= 4 is 21.5 Å². The standard InChI is InChI=1S/C13H15NO2.C12H13NO2/c1-8(2)14-7-11-6-13(16)12(15)5-10(11)4-9(14)3;1-8(2)13-4-3-9-5-11(14)12(15)6-10(9)7-13/h4-8,16H,1-3H3;3-8,15H,1-2H3/p+2. The number of phenols is 4. The van der Waals surface area contributed by atoms with Crippen LogP contribution in [-0.4, -0.2) is 20.4 Å². The Kier molecular flexibility index (Phi) is 6.20. The van der Waals surface area contributed by atoms with Crippen LogP contribution in [0.25, 0.3) is 21.5 Å². The van der Waals surface area contributed by atoms with Gasteiger partial charge in [0.2, 0.25) is 0 Å². The molecular formula is C25H30N2O4+2. The lowest BCUT2D eigenvalue weighted by atomic mass is 10.1. The van der Waals surface area contributed by atoms with E-state index in [1.807, 2.05) is 37.6 Å². The summed E-state index contributed by atoms with van der Waals surface area (Å²) in [4.78, 5) is 0. The molecule has 0 bridgehead atoms. The van der Waals surface area contributed by atoms with Gasteiger partial charge in [-0.25, -0.2) is 9.13 Å². The molecule has 2 heterocycles. The van der Waals surface area contributed by atoms with Crippen molar-refractivity contribution in [3.05, 3.63) is 60.7 Å². The number of aromatic nitrogens is 2. The third-order valence-corrected chi connectivity index (χ3v) is 5.28. The molecule has 6 nitrogen and oxygen atoms in total.